The number of hydrogen-bond acceptors (Lipinski definition) is 4. The molecule has 0 aliphatic rings. The summed E-state index contributed by atoms with van der Waals surface area (Å²) in [6.45, 7) is 0.431. The molecule has 0 spiro atoms. The predicted octanol–water partition coefficient (Wildman–Crippen LogP) is -0.445. The molecular formula is C19H14ClN3O2S. The Balaban J connectivity index is 0.00000196. The minimum Gasteiger partial charge on any atom is -1.00 e. The number of carbonyl (C=O) groups excluding carboxylic acids is 1. The molecule has 0 radical (unpaired) electrons. The summed E-state index contributed by atoms with van der Waals surface area (Å²) in [6.07, 6.45) is 3.63. The van der Waals surface area contributed by atoms with Gasteiger partial charge in [0.15, 0.2) is 24.0 Å². The third kappa shape index (κ3) is 3.56. The number of benzene rings is 1. The zero-order valence-corrected chi connectivity index (χ0v) is 15.1. The lowest BCUT2D eigenvalue weighted by atomic mass is 10.0. The highest BCUT2D eigenvalue weighted by atomic mass is 35.5. The Labute approximate surface area is 159 Å². The average Bonchev–Trinajstić information content (AvgIpc) is 3.12. The van der Waals surface area contributed by atoms with Crippen molar-refractivity contribution in [3.63, 3.8) is 0 Å². The summed E-state index contributed by atoms with van der Waals surface area (Å²) in [5, 5.41) is 1.85. The highest BCUT2D eigenvalue weighted by Crippen LogP contribution is 2.13. The van der Waals surface area contributed by atoms with Crippen molar-refractivity contribution in [1.82, 2.24) is 9.97 Å². The lowest BCUT2D eigenvalue weighted by Crippen LogP contribution is -3.00. The van der Waals surface area contributed by atoms with E-state index in [1.54, 1.807) is 24.3 Å². The van der Waals surface area contributed by atoms with E-state index in [2.05, 4.69) is 9.97 Å². The number of halogens is 1. The molecule has 1 N–H and O–H groups in total. The molecule has 3 aromatic heterocycles. The molecule has 130 valence electrons. The van der Waals surface area contributed by atoms with Crippen LogP contribution in [0.25, 0.3) is 10.2 Å². The molecule has 0 aliphatic heterocycles. The number of nitrogens with one attached hydrogen (secondary N) is 1. The Morgan fingerprint density at radius 1 is 1.04 bits per heavy atom. The fraction of sp³-hybridized carbons (Fsp3) is 0.0526. The van der Waals surface area contributed by atoms with Gasteiger partial charge in [-0.05, 0) is 11.4 Å². The highest BCUT2D eigenvalue weighted by Gasteiger charge is 2.12. The second-order valence-corrected chi connectivity index (χ2v) is 6.52. The second-order valence-electron chi connectivity index (χ2n) is 5.60. The van der Waals surface area contributed by atoms with Crippen molar-refractivity contribution >= 4 is 27.3 Å². The summed E-state index contributed by atoms with van der Waals surface area (Å²) >= 11 is 1.38. The molecule has 26 heavy (non-hydrogen) atoms. The quantitative estimate of drug-likeness (QED) is 0.383. The van der Waals surface area contributed by atoms with Gasteiger partial charge in [-0.1, -0.05) is 30.3 Å². The average molecular weight is 384 g/mol. The van der Waals surface area contributed by atoms with E-state index >= 15 is 0 Å². The van der Waals surface area contributed by atoms with Crippen molar-refractivity contribution in [3.05, 3.63) is 93.6 Å². The van der Waals surface area contributed by atoms with Crippen LogP contribution in [0.2, 0.25) is 0 Å². The van der Waals surface area contributed by atoms with Gasteiger partial charge in [0.1, 0.15) is 4.70 Å². The number of H-pyrrole nitrogens is 1. The van der Waals surface area contributed by atoms with Gasteiger partial charge in [-0.25, -0.2) is 4.98 Å². The molecule has 0 atom stereocenters. The minimum absolute atomic E-state index is 0. The van der Waals surface area contributed by atoms with E-state index in [4.69, 9.17) is 0 Å². The van der Waals surface area contributed by atoms with E-state index in [-0.39, 0.29) is 23.7 Å². The number of carbonyl (C=O) groups is 1. The smallest absolute Gasteiger partial charge is 0.269 e. The van der Waals surface area contributed by atoms with E-state index in [9.17, 15) is 9.59 Å². The topological polar surface area (TPSA) is 66.7 Å². The molecule has 4 rings (SSSR count). The van der Waals surface area contributed by atoms with Crippen LogP contribution < -0.4 is 22.5 Å². The molecule has 5 nitrogen and oxygen atoms in total. The molecule has 0 bridgehead atoms. The number of aromatic nitrogens is 3. The second kappa shape index (κ2) is 7.59. The summed E-state index contributed by atoms with van der Waals surface area (Å²) in [7, 11) is 0. The molecule has 0 saturated heterocycles. The largest absolute Gasteiger partial charge is 1.00 e. The first-order valence-corrected chi connectivity index (χ1v) is 8.64. The Morgan fingerprint density at radius 3 is 2.46 bits per heavy atom. The van der Waals surface area contributed by atoms with Crippen molar-refractivity contribution in [2.24, 2.45) is 0 Å². The number of fused-ring (bicyclic) bond motifs is 1. The first kappa shape index (κ1) is 18.0. The number of pyridine rings is 1. The first-order chi connectivity index (χ1) is 12.2. The predicted molar refractivity (Wildman–Crippen MR) is 95.9 cm³/mol. The maximum atomic E-state index is 12.4. The van der Waals surface area contributed by atoms with Crippen LogP contribution in [-0.2, 0) is 6.54 Å². The molecule has 7 heteroatoms. The number of rotatable bonds is 4. The Hall–Kier alpha value is -2.83. The summed E-state index contributed by atoms with van der Waals surface area (Å²) in [6, 6.07) is 14.6. The summed E-state index contributed by atoms with van der Waals surface area (Å²) in [5.74, 6) is 0.571. The Kier molecular flexibility index (Phi) is 5.25. The third-order valence-corrected chi connectivity index (χ3v) is 4.79. The maximum Gasteiger partial charge on any atom is 0.269 e. The van der Waals surface area contributed by atoms with Gasteiger partial charge in [0, 0.05) is 23.3 Å². The van der Waals surface area contributed by atoms with E-state index in [1.165, 1.54) is 11.3 Å². The molecular weight excluding hydrogens is 370 g/mol. The fourth-order valence-corrected chi connectivity index (χ4v) is 3.37. The number of aromatic amines is 1. The van der Waals surface area contributed by atoms with Gasteiger partial charge >= 0.3 is 0 Å². The maximum absolute atomic E-state index is 12.4. The van der Waals surface area contributed by atoms with Crippen LogP contribution in [0, 0.1) is 0 Å². The zero-order valence-electron chi connectivity index (χ0n) is 13.6. The summed E-state index contributed by atoms with van der Waals surface area (Å²) in [5.41, 5.74) is 1.87. The molecule has 0 saturated carbocycles. The standard InChI is InChI=1S/C19H13N3O2S.ClH/c23-17(13-4-2-1-3-5-13)14-6-9-22(10-7-14)12-16-20-15-8-11-25-18(15)19(24)21-16;/h1-11H,12H2;1H. The Bertz CT molecular complexity index is 1110. The van der Waals surface area contributed by atoms with Crippen LogP contribution in [0.1, 0.15) is 21.7 Å². The Morgan fingerprint density at radius 2 is 1.73 bits per heavy atom. The van der Waals surface area contributed by atoms with Gasteiger partial charge < -0.3 is 17.4 Å². The monoisotopic (exact) mass is 383 g/mol. The SMILES string of the molecule is O=C(c1ccccc1)c1cc[n+](Cc2nc3ccsc3c(=O)[nH]2)cc1.[Cl-]. The molecule has 4 aromatic rings. The number of nitrogens with zero attached hydrogens (tertiary/aromatic N) is 2. The number of thiophene rings is 1. The van der Waals surface area contributed by atoms with E-state index in [1.807, 2.05) is 46.6 Å². The highest BCUT2D eigenvalue weighted by molar-refractivity contribution is 7.17. The van der Waals surface area contributed by atoms with Gasteiger partial charge in [-0.3, -0.25) is 9.59 Å². The molecule has 3 heterocycles. The van der Waals surface area contributed by atoms with E-state index in [0.29, 0.717) is 33.7 Å². The zero-order chi connectivity index (χ0) is 17.2. The minimum atomic E-state index is -0.119. The first-order valence-electron chi connectivity index (χ1n) is 7.76. The van der Waals surface area contributed by atoms with Crippen LogP contribution in [0.4, 0.5) is 0 Å². The van der Waals surface area contributed by atoms with Gasteiger partial charge in [-0.2, -0.15) is 4.57 Å². The van der Waals surface area contributed by atoms with Gasteiger partial charge in [0.2, 0.25) is 6.54 Å². The van der Waals surface area contributed by atoms with Crippen molar-refractivity contribution in [2.75, 3.05) is 0 Å². The molecule has 0 aliphatic carbocycles. The fourth-order valence-electron chi connectivity index (χ4n) is 2.64. The van der Waals surface area contributed by atoms with Crippen LogP contribution in [0.3, 0.4) is 0 Å². The summed E-state index contributed by atoms with van der Waals surface area (Å²) < 4.78 is 2.51. The van der Waals surface area contributed by atoms with Crippen LogP contribution in [0.15, 0.2) is 71.1 Å². The van der Waals surface area contributed by atoms with Crippen LogP contribution in [-0.4, -0.2) is 15.8 Å². The van der Waals surface area contributed by atoms with Crippen molar-refractivity contribution in [2.45, 2.75) is 6.54 Å². The normalized spacial score (nSPS) is 10.5. The molecule has 0 amide bonds. The van der Waals surface area contributed by atoms with Crippen molar-refractivity contribution in [3.8, 4) is 0 Å². The molecule has 0 fully saturated rings. The third-order valence-electron chi connectivity index (χ3n) is 3.89. The van der Waals surface area contributed by atoms with Gasteiger partial charge in [-0.15, -0.1) is 11.3 Å². The number of ketones is 1. The molecule has 1 aromatic carbocycles. The van der Waals surface area contributed by atoms with Crippen molar-refractivity contribution < 1.29 is 21.8 Å². The summed E-state index contributed by atoms with van der Waals surface area (Å²) in [4.78, 5) is 31.7. The van der Waals surface area contributed by atoms with Gasteiger partial charge in [0.25, 0.3) is 5.56 Å². The lowest BCUT2D eigenvalue weighted by molar-refractivity contribution is -0.689. The van der Waals surface area contributed by atoms with E-state index < -0.39 is 0 Å². The lowest BCUT2D eigenvalue weighted by Gasteiger charge is -2.01. The molecule has 0 unspecified atom stereocenters. The number of hydrogen-bond donors (Lipinski definition) is 1. The van der Waals surface area contributed by atoms with E-state index in [0.717, 1.165) is 0 Å². The van der Waals surface area contributed by atoms with Crippen LogP contribution in [0.5, 0.6) is 0 Å². The van der Waals surface area contributed by atoms with Gasteiger partial charge in [0.05, 0.1) is 5.52 Å². The van der Waals surface area contributed by atoms with Crippen molar-refractivity contribution in [1.29, 1.82) is 0 Å². The van der Waals surface area contributed by atoms with Crippen LogP contribution >= 0.6 is 11.3 Å².